The number of hydrogen-bond acceptors (Lipinski definition) is 2. The Morgan fingerprint density at radius 2 is 2.06 bits per heavy atom. The zero-order chi connectivity index (χ0) is 13.3. The molecule has 4 nitrogen and oxygen atoms in total. The van der Waals surface area contributed by atoms with E-state index in [2.05, 4.69) is 19.2 Å². The van der Waals surface area contributed by atoms with Crippen LogP contribution in [0, 0.1) is 0 Å². The Kier molecular flexibility index (Phi) is 3.97. The number of amides is 1. The summed E-state index contributed by atoms with van der Waals surface area (Å²) in [5.74, 6) is 0.0731. The minimum Gasteiger partial charge on any atom is -0.342 e. The van der Waals surface area contributed by atoms with Gasteiger partial charge in [0.2, 0.25) is 0 Å². The van der Waals surface area contributed by atoms with E-state index in [0.717, 1.165) is 19.6 Å². The highest BCUT2D eigenvalue weighted by atomic mass is 35.5. The lowest BCUT2D eigenvalue weighted by Crippen LogP contribution is -2.56. The first-order valence-electron chi connectivity index (χ1n) is 6.42. The van der Waals surface area contributed by atoms with E-state index < -0.39 is 0 Å². The molecule has 0 aromatic carbocycles. The molecule has 1 aliphatic heterocycles. The van der Waals surface area contributed by atoms with E-state index in [1.807, 2.05) is 22.6 Å². The van der Waals surface area contributed by atoms with Gasteiger partial charge in [0, 0.05) is 37.9 Å². The van der Waals surface area contributed by atoms with Crippen LogP contribution in [0.3, 0.4) is 0 Å². The summed E-state index contributed by atoms with van der Waals surface area (Å²) >= 11 is 5.98. The van der Waals surface area contributed by atoms with Crippen molar-refractivity contribution in [3.63, 3.8) is 0 Å². The molecular weight excluding hydrogens is 250 g/mol. The standard InChI is InChI=1S/C13H20ClN3O/c1-4-16-8-11(14)5-12(16)13(18)17-6-9(2)15-10(3)7-17/h5,8-10,15H,4,6-7H2,1-3H3. The molecule has 0 spiro atoms. The predicted molar refractivity (Wildman–Crippen MR) is 73.1 cm³/mol. The second-order valence-corrected chi connectivity index (χ2v) is 5.44. The molecule has 1 N–H and O–H groups in total. The van der Waals surface area contributed by atoms with Gasteiger partial charge in [-0.3, -0.25) is 4.79 Å². The first kappa shape index (κ1) is 13.4. The highest BCUT2D eigenvalue weighted by molar-refractivity contribution is 6.31. The van der Waals surface area contributed by atoms with E-state index in [-0.39, 0.29) is 5.91 Å². The number of piperazine rings is 1. The summed E-state index contributed by atoms with van der Waals surface area (Å²) in [7, 11) is 0. The van der Waals surface area contributed by atoms with Crippen LogP contribution in [0.2, 0.25) is 5.02 Å². The smallest absolute Gasteiger partial charge is 0.270 e. The van der Waals surface area contributed by atoms with E-state index in [1.165, 1.54) is 0 Å². The quantitative estimate of drug-likeness (QED) is 0.892. The Morgan fingerprint density at radius 3 is 2.61 bits per heavy atom. The molecule has 0 bridgehead atoms. The fraction of sp³-hybridized carbons (Fsp3) is 0.615. The van der Waals surface area contributed by atoms with Crippen LogP contribution < -0.4 is 5.32 Å². The van der Waals surface area contributed by atoms with E-state index >= 15 is 0 Å². The van der Waals surface area contributed by atoms with E-state index in [1.54, 1.807) is 6.07 Å². The second kappa shape index (κ2) is 5.33. The Bertz CT molecular complexity index is 433. The van der Waals surface area contributed by atoms with Crippen LogP contribution in [0.15, 0.2) is 12.3 Å². The molecule has 100 valence electrons. The van der Waals surface area contributed by atoms with Gasteiger partial charge >= 0.3 is 0 Å². The number of carbonyl (C=O) groups is 1. The summed E-state index contributed by atoms with van der Waals surface area (Å²) in [5.41, 5.74) is 0.684. The van der Waals surface area contributed by atoms with Crippen LogP contribution in [0.1, 0.15) is 31.3 Å². The summed E-state index contributed by atoms with van der Waals surface area (Å²) in [6, 6.07) is 2.42. The summed E-state index contributed by atoms with van der Waals surface area (Å²) < 4.78 is 1.90. The van der Waals surface area contributed by atoms with Crippen LogP contribution in [-0.2, 0) is 6.54 Å². The van der Waals surface area contributed by atoms with Crippen LogP contribution in [-0.4, -0.2) is 40.5 Å². The molecule has 1 amide bonds. The first-order chi connectivity index (χ1) is 8.51. The van der Waals surface area contributed by atoms with Crippen molar-refractivity contribution < 1.29 is 4.79 Å². The Balaban J connectivity index is 2.19. The minimum atomic E-state index is 0.0731. The van der Waals surface area contributed by atoms with Gasteiger partial charge in [-0.05, 0) is 26.8 Å². The summed E-state index contributed by atoms with van der Waals surface area (Å²) in [6.07, 6.45) is 1.81. The van der Waals surface area contributed by atoms with E-state index in [4.69, 9.17) is 11.6 Å². The van der Waals surface area contributed by atoms with Gasteiger partial charge < -0.3 is 14.8 Å². The van der Waals surface area contributed by atoms with Crippen LogP contribution in [0.25, 0.3) is 0 Å². The zero-order valence-corrected chi connectivity index (χ0v) is 11.9. The van der Waals surface area contributed by atoms with E-state index in [0.29, 0.717) is 22.8 Å². The molecular formula is C13H20ClN3O. The number of carbonyl (C=O) groups excluding carboxylic acids is 1. The predicted octanol–water partition coefficient (Wildman–Crippen LogP) is 1.98. The van der Waals surface area contributed by atoms with Crippen molar-refractivity contribution in [1.82, 2.24) is 14.8 Å². The molecule has 0 radical (unpaired) electrons. The zero-order valence-electron chi connectivity index (χ0n) is 11.1. The maximum Gasteiger partial charge on any atom is 0.270 e. The Morgan fingerprint density at radius 1 is 1.44 bits per heavy atom. The lowest BCUT2D eigenvalue weighted by Gasteiger charge is -2.36. The highest BCUT2D eigenvalue weighted by Gasteiger charge is 2.27. The molecule has 1 fully saturated rings. The molecule has 1 aromatic rings. The number of aromatic nitrogens is 1. The summed E-state index contributed by atoms with van der Waals surface area (Å²) in [4.78, 5) is 14.4. The first-order valence-corrected chi connectivity index (χ1v) is 6.80. The van der Waals surface area contributed by atoms with Crippen molar-refractivity contribution in [2.75, 3.05) is 13.1 Å². The third-order valence-corrected chi connectivity index (χ3v) is 3.47. The molecule has 1 saturated heterocycles. The molecule has 2 atom stereocenters. The summed E-state index contributed by atoms with van der Waals surface area (Å²) in [5, 5.41) is 4.04. The maximum atomic E-state index is 12.5. The summed E-state index contributed by atoms with van der Waals surface area (Å²) in [6.45, 7) is 8.45. The van der Waals surface area contributed by atoms with Gasteiger partial charge in [0.15, 0.2) is 0 Å². The topological polar surface area (TPSA) is 37.3 Å². The average Bonchev–Trinajstić information content (AvgIpc) is 2.68. The van der Waals surface area contributed by atoms with Gasteiger partial charge in [-0.2, -0.15) is 0 Å². The van der Waals surface area contributed by atoms with Crippen molar-refractivity contribution in [3.8, 4) is 0 Å². The van der Waals surface area contributed by atoms with Gasteiger partial charge in [-0.25, -0.2) is 0 Å². The van der Waals surface area contributed by atoms with Crippen LogP contribution in [0.5, 0.6) is 0 Å². The molecule has 0 aliphatic carbocycles. The lowest BCUT2D eigenvalue weighted by molar-refractivity contribution is 0.0663. The third-order valence-electron chi connectivity index (χ3n) is 3.27. The molecule has 5 heteroatoms. The van der Waals surface area contributed by atoms with Crippen molar-refractivity contribution in [2.45, 2.75) is 39.4 Å². The third kappa shape index (κ3) is 2.70. The molecule has 1 aliphatic rings. The van der Waals surface area contributed by atoms with Gasteiger partial charge in [0.25, 0.3) is 5.91 Å². The van der Waals surface area contributed by atoms with Crippen molar-refractivity contribution in [3.05, 3.63) is 23.0 Å². The van der Waals surface area contributed by atoms with Gasteiger partial charge in [0.05, 0.1) is 5.02 Å². The number of halogens is 1. The van der Waals surface area contributed by atoms with Crippen LogP contribution >= 0.6 is 11.6 Å². The lowest BCUT2D eigenvalue weighted by atomic mass is 10.1. The van der Waals surface area contributed by atoms with Crippen molar-refractivity contribution in [2.24, 2.45) is 0 Å². The average molecular weight is 270 g/mol. The van der Waals surface area contributed by atoms with Crippen molar-refractivity contribution in [1.29, 1.82) is 0 Å². The highest BCUT2D eigenvalue weighted by Crippen LogP contribution is 2.17. The Hall–Kier alpha value is -1.00. The molecule has 2 unspecified atom stereocenters. The van der Waals surface area contributed by atoms with Gasteiger partial charge in [-0.15, -0.1) is 0 Å². The molecule has 2 rings (SSSR count). The largest absolute Gasteiger partial charge is 0.342 e. The molecule has 18 heavy (non-hydrogen) atoms. The Labute approximate surface area is 113 Å². The SMILES string of the molecule is CCn1cc(Cl)cc1C(=O)N1CC(C)NC(C)C1. The minimum absolute atomic E-state index is 0.0731. The van der Waals surface area contributed by atoms with Crippen molar-refractivity contribution >= 4 is 17.5 Å². The normalized spacial score (nSPS) is 24.3. The maximum absolute atomic E-state index is 12.5. The molecule has 0 saturated carbocycles. The fourth-order valence-electron chi connectivity index (χ4n) is 2.57. The van der Waals surface area contributed by atoms with Gasteiger partial charge in [-0.1, -0.05) is 11.6 Å². The number of nitrogens with one attached hydrogen (secondary N) is 1. The molecule has 1 aromatic heterocycles. The number of aryl methyl sites for hydroxylation is 1. The molecule has 2 heterocycles. The number of hydrogen-bond donors (Lipinski definition) is 1. The van der Waals surface area contributed by atoms with E-state index in [9.17, 15) is 4.79 Å². The number of nitrogens with zero attached hydrogens (tertiary/aromatic N) is 2. The fourth-order valence-corrected chi connectivity index (χ4v) is 2.79. The monoisotopic (exact) mass is 269 g/mol. The van der Waals surface area contributed by atoms with Crippen LogP contribution in [0.4, 0.5) is 0 Å². The van der Waals surface area contributed by atoms with Gasteiger partial charge in [0.1, 0.15) is 5.69 Å². The number of rotatable bonds is 2. The second-order valence-electron chi connectivity index (χ2n) is 5.01.